The summed E-state index contributed by atoms with van der Waals surface area (Å²) in [5.74, 6) is -3.18. The topological polar surface area (TPSA) is 179 Å². The van der Waals surface area contributed by atoms with Crippen molar-refractivity contribution in [2.24, 2.45) is 11.7 Å². The summed E-state index contributed by atoms with van der Waals surface area (Å²) in [6.07, 6.45) is 2.92. The van der Waals surface area contributed by atoms with E-state index in [4.69, 9.17) is 10.8 Å². The third kappa shape index (κ3) is 9.58. The first-order valence-electron chi connectivity index (χ1n) is 11.1. The molecule has 33 heavy (non-hydrogen) atoms. The number of aliphatic carboxylic acids is 2. The van der Waals surface area contributed by atoms with Crippen molar-refractivity contribution in [3.05, 3.63) is 0 Å². The van der Waals surface area contributed by atoms with Crippen molar-refractivity contribution in [2.45, 2.75) is 76.5 Å². The predicted octanol–water partition coefficient (Wildman–Crippen LogP) is 0.0229. The molecule has 4 atom stereocenters. The molecule has 1 rings (SSSR count). The van der Waals surface area contributed by atoms with E-state index in [0.29, 0.717) is 38.0 Å². The molecule has 12 heteroatoms. The van der Waals surface area contributed by atoms with E-state index < -0.39 is 60.2 Å². The zero-order valence-electron chi connectivity index (χ0n) is 19.4. The Morgan fingerprint density at radius 2 is 1.76 bits per heavy atom. The number of thioether (sulfide) groups is 1. The molecule has 11 nitrogen and oxygen atoms in total. The van der Waals surface area contributed by atoms with Crippen LogP contribution >= 0.6 is 11.8 Å². The first-order valence-corrected chi connectivity index (χ1v) is 12.5. The van der Waals surface area contributed by atoms with E-state index in [1.165, 1.54) is 16.7 Å². The van der Waals surface area contributed by atoms with E-state index in [0.717, 1.165) is 0 Å². The van der Waals surface area contributed by atoms with Gasteiger partial charge < -0.3 is 31.5 Å². The lowest BCUT2D eigenvalue weighted by Crippen LogP contribution is -2.57. The number of hydrogen-bond acceptors (Lipinski definition) is 7. The SMILES string of the molecule is CSCCC(NC(=O)C(N)CC(C)C)C(=O)N1CCCC1C(=O)NC(CCC(=O)O)C(=O)O. The Hall–Kier alpha value is -2.34. The average Bonchev–Trinajstić information content (AvgIpc) is 3.22. The minimum atomic E-state index is -1.37. The molecule has 3 amide bonds. The molecule has 1 aliphatic rings. The van der Waals surface area contributed by atoms with Crippen molar-refractivity contribution in [1.82, 2.24) is 15.5 Å². The van der Waals surface area contributed by atoms with Crippen LogP contribution in [0.2, 0.25) is 0 Å². The summed E-state index contributed by atoms with van der Waals surface area (Å²) in [5, 5.41) is 23.2. The van der Waals surface area contributed by atoms with Crippen molar-refractivity contribution in [1.29, 1.82) is 0 Å². The van der Waals surface area contributed by atoms with Crippen molar-refractivity contribution in [2.75, 3.05) is 18.6 Å². The Bertz CT molecular complexity index is 719. The van der Waals surface area contributed by atoms with Gasteiger partial charge in [-0.25, -0.2) is 4.79 Å². The number of carboxylic acids is 2. The summed E-state index contributed by atoms with van der Waals surface area (Å²) in [4.78, 5) is 62.1. The molecule has 1 fully saturated rings. The molecule has 0 saturated carbocycles. The van der Waals surface area contributed by atoms with E-state index in [9.17, 15) is 29.1 Å². The summed E-state index contributed by atoms with van der Waals surface area (Å²) in [6, 6.07) is -3.86. The number of rotatable bonds is 14. The fourth-order valence-corrected chi connectivity index (χ4v) is 4.15. The van der Waals surface area contributed by atoms with E-state index in [-0.39, 0.29) is 12.3 Å². The number of carboxylic acid groups (broad SMARTS) is 2. The van der Waals surface area contributed by atoms with Crippen LogP contribution in [0.1, 0.15) is 52.4 Å². The quantitative estimate of drug-likeness (QED) is 0.225. The molecule has 0 aliphatic carbocycles. The molecule has 0 aromatic heterocycles. The van der Waals surface area contributed by atoms with Gasteiger partial charge in [-0.1, -0.05) is 13.8 Å². The van der Waals surface area contributed by atoms with Gasteiger partial charge >= 0.3 is 11.9 Å². The van der Waals surface area contributed by atoms with Crippen molar-refractivity contribution in [3.8, 4) is 0 Å². The first kappa shape index (κ1) is 28.7. The summed E-state index contributed by atoms with van der Waals surface area (Å²) in [6.45, 7) is 4.18. The highest BCUT2D eigenvalue weighted by molar-refractivity contribution is 7.98. The third-order valence-corrected chi connectivity index (χ3v) is 6.03. The molecule has 6 N–H and O–H groups in total. The summed E-state index contributed by atoms with van der Waals surface area (Å²) in [7, 11) is 0. The smallest absolute Gasteiger partial charge is 0.326 e. The number of amides is 3. The van der Waals surface area contributed by atoms with Gasteiger partial charge in [-0.05, 0) is 50.0 Å². The fraction of sp³-hybridized carbons (Fsp3) is 0.762. The van der Waals surface area contributed by atoms with Gasteiger partial charge in [0, 0.05) is 13.0 Å². The summed E-state index contributed by atoms with van der Waals surface area (Å²) < 4.78 is 0. The zero-order valence-corrected chi connectivity index (χ0v) is 20.2. The number of carbonyl (C=O) groups excluding carboxylic acids is 3. The maximum absolute atomic E-state index is 13.3. The van der Waals surface area contributed by atoms with Crippen LogP contribution in [0.25, 0.3) is 0 Å². The van der Waals surface area contributed by atoms with Crippen molar-refractivity contribution >= 4 is 41.4 Å². The van der Waals surface area contributed by atoms with Crippen LogP contribution in [0, 0.1) is 5.92 Å². The minimum Gasteiger partial charge on any atom is -0.481 e. The average molecular weight is 489 g/mol. The van der Waals surface area contributed by atoms with Gasteiger partial charge in [0.2, 0.25) is 17.7 Å². The molecule has 4 unspecified atom stereocenters. The second-order valence-corrected chi connectivity index (χ2v) is 9.59. The van der Waals surface area contributed by atoms with Gasteiger partial charge in [-0.3, -0.25) is 19.2 Å². The number of nitrogens with one attached hydrogen (secondary N) is 2. The van der Waals surface area contributed by atoms with E-state index in [1.807, 2.05) is 20.1 Å². The van der Waals surface area contributed by atoms with Crippen LogP contribution in [-0.4, -0.2) is 87.5 Å². The Labute approximate surface area is 198 Å². The van der Waals surface area contributed by atoms with Crippen LogP contribution in [-0.2, 0) is 24.0 Å². The third-order valence-electron chi connectivity index (χ3n) is 5.39. The normalized spacial score (nSPS) is 18.5. The van der Waals surface area contributed by atoms with Gasteiger partial charge in [-0.15, -0.1) is 0 Å². The Morgan fingerprint density at radius 3 is 2.30 bits per heavy atom. The first-order chi connectivity index (χ1) is 15.5. The van der Waals surface area contributed by atoms with E-state index in [1.54, 1.807) is 0 Å². The number of carbonyl (C=O) groups is 5. The Kier molecular flexibility index (Phi) is 12.2. The Balaban J connectivity index is 2.91. The predicted molar refractivity (Wildman–Crippen MR) is 124 cm³/mol. The van der Waals surface area contributed by atoms with Gasteiger partial charge in [0.25, 0.3) is 0 Å². The van der Waals surface area contributed by atoms with Crippen molar-refractivity contribution in [3.63, 3.8) is 0 Å². The summed E-state index contributed by atoms with van der Waals surface area (Å²) >= 11 is 1.52. The molecule has 0 radical (unpaired) electrons. The highest BCUT2D eigenvalue weighted by atomic mass is 32.2. The fourth-order valence-electron chi connectivity index (χ4n) is 3.68. The number of likely N-dealkylation sites (tertiary alicyclic amines) is 1. The molecule has 0 spiro atoms. The molecule has 0 bridgehead atoms. The molecule has 0 aromatic carbocycles. The highest BCUT2D eigenvalue weighted by Crippen LogP contribution is 2.20. The van der Waals surface area contributed by atoms with E-state index >= 15 is 0 Å². The van der Waals surface area contributed by atoms with Gasteiger partial charge in [-0.2, -0.15) is 11.8 Å². The van der Waals surface area contributed by atoms with Gasteiger partial charge in [0.15, 0.2) is 0 Å². The molecule has 188 valence electrons. The lowest BCUT2D eigenvalue weighted by Gasteiger charge is -2.30. The van der Waals surface area contributed by atoms with Crippen LogP contribution in [0.5, 0.6) is 0 Å². The number of nitrogens with two attached hydrogens (primary N) is 1. The monoisotopic (exact) mass is 488 g/mol. The summed E-state index contributed by atoms with van der Waals surface area (Å²) in [5.41, 5.74) is 5.95. The number of nitrogens with zero attached hydrogens (tertiary/aromatic N) is 1. The lowest BCUT2D eigenvalue weighted by atomic mass is 10.0. The second kappa shape index (κ2) is 14.0. The van der Waals surface area contributed by atoms with Gasteiger partial charge in [0.1, 0.15) is 18.1 Å². The Morgan fingerprint density at radius 1 is 1.09 bits per heavy atom. The molecule has 1 aliphatic heterocycles. The van der Waals surface area contributed by atoms with Crippen molar-refractivity contribution < 1.29 is 34.2 Å². The largest absolute Gasteiger partial charge is 0.481 e. The zero-order chi connectivity index (χ0) is 25.1. The molecule has 0 aromatic rings. The maximum atomic E-state index is 13.3. The molecular formula is C21H36N4O7S. The minimum absolute atomic E-state index is 0.209. The molecular weight excluding hydrogens is 452 g/mol. The van der Waals surface area contributed by atoms with Crippen LogP contribution < -0.4 is 16.4 Å². The maximum Gasteiger partial charge on any atom is 0.326 e. The molecule has 1 saturated heterocycles. The number of hydrogen-bond donors (Lipinski definition) is 5. The van der Waals surface area contributed by atoms with Crippen LogP contribution in [0.15, 0.2) is 0 Å². The van der Waals surface area contributed by atoms with Crippen LogP contribution in [0.4, 0.5) is 0 Å². The second-order valence-electron chi connectivity index (χ2n) is 8.60. The van der Waals surface area contributed by atoms with E-state index in [2.05, 4.69) is 10.6 Å². The standard InChI is InChI=1S/C21H36N4O7S/c1-12(2)11-13(22)18(28)23-14(8-10-33-3)20(30)25-9-4-5-16(25)19(29)24-15(21(31)32)6-7-17(26)27/h12-16H,4-11,22H2,1-3H3,(H,23,28)(H,24,29)(H,26,27)(H,31,32). The lowest BCUT2D eigenvalue weighted by molar-refractivity contribution is -0.145. The van der Waals surface area contributed by atoms with Crippen LogP contribution in [0.3, 0.4) is 0 Å². The van der Waals surface area contributed by atoms with Gasteiger partial charge in [0.05, 0.1) is 6.04 Å². The molecule has 1 heterocycles. The highest BCUT2D eigenvalue weighted by Gasteiger charge is 2.39.